The van der Waals surface area contributed by atoms with Crippen molar-refractivity contribution in [3.05, 3.63) is 28.8 Å². The molecule has 0 bridgehead atoms. The Kier molecular flexibility index (Phi) is 5.76. The summed E-state index contributed by atoms with van der Waals surface area (Å²) in [5, 5.41) is 14.4. The smallest absolute Gasteiger partial charge is 0.319 e. The van der Waals surface area contributed by atoms with Gasteiger partial charge in [0.2, 0.25) is 0 Å². The van der Waals surface area contributed by atoms with Gasteiger partial charge in [0, 0.05) is 36.0 Å². The minimum Gasteiger partial charge on any atom is -0.396 e. The third-order valence-electron chi connectivity index (χ3n) is 2.19. The molecule has 2 amide bonds. The Morgan fingerprint density at radius 3 is 2.88 bits per heavy atom. The van der Waals surface area contributed by atoms with E-state index in [0.717, 1.165) is 0 Å². The fourth-order valence-corrected chi connectivity index (χ4v) is 1.58. The number of carbonyl (C=O) groups is 1. The van der Waals surface area contributed by atoms with E-state index >= 15 is 0 Å². The number of benzene rings is 1. The molecule has 6 heteroatoms. The average molecular weight is 258 g/mol. The van der Waals surface area contributed by atoms with Crippen molar-refractivity contribution >= 4 is 23.3 Å². The van der Waals surface area contributed by atoms with E-state index in [1.807, 2.05) is 0 Å². The zero-order chi connectivity index (χ0) is 12.7. The molecule has 1 aromatic carbocycles. The second-order valence-electron chi connectivity index (χ2n) is 3.43. The van der Waals surface area contributed by atoms with Crippen LogP contribution in [-0.2, 0) is 6.54 Å². The number of carbonyl (C=O) groups excluding carboxylic acids is 1. The predicted molar refractivity (Wildman–Crippen MR) is 68.1 cm³/mol. The van der Waals surface area contributed by atoms with Gasteiger partial charge in [-0.1, -0.05) is 17.7 Å². The zero-order valence-corrected chi connectivity index (χ0v) is 10.1. The molecule has 0 radical (unpaired) electrons. The fraction of sp³-hybridized carbons (Fsp3) is 0.364. The normalized spacial score (nSPS) is 10.1. The summed E-state index contributed by atoms with van der Waals surface area (Å²) < 4.78 is 0. The van der Waals surface area contributed by atoms with E-state index in [-0.39, 0.29) is 19.2 Å². The number of hydrogen-bond donors (Lipinski definition) is 4. The Morgan fingerprint density at radius 2 is 2.24 bits per heavy atom. The Bertz CT molecular complexity index is 385. The summed E-state index contributed by atoms with van der Waals surface area (Å²) in [6, 6.07) is 4.86. The first-order chi connectivity index (χ1) is 8.19. The van der Waals surface area contributed by atoms with Crippen molar-refractivity contribution in [3.8, 4) is 0 Å². The van der Waals surface area contributed by atoms with Gasteiger partial charge in [-0.25, -0.2) is 4.79 Å². The Hall–Kier alpha value is -1.30. The summed E-state index contributed by atoms with van der Waals surface area (Å²) in [4.78, 5) is 11.5. The highest BCUT2D eigenvalue weighted by molar-refractivity contribution is 6.31. The molecule has 0 spiro atoms. The van der Waals surface area contributed by atoms with Crippen LogP contribution in [0.15, 0.2) is 18.2 Å². The minimum absolute atomic E-state index is 0.0471. The molecule has 1 aromatic rings. The number of nitrogens with two attached hydrogens (primary N) is 1. The molecule has 0 aliphatic rings. The van der Waals surface area contributed by atoms with Gasteiger partial charge < -0.3 is 21.5 Å². The van der Waals surface area contributed by atoms with Gasteiger partial charge in [0.15, 0.2) is 0 Å². The molecule has 0 saturated carbocycles. The van der Waals surface area contributed by atoms with Gasteiger partial charge in [-0.15, -0.1) is 0 Å². The minimum atomic E-state index is -0.338. The standard InChI is InChI=1S/C11H16ClN3O2/c12-9-3-1-4-10(8(9)7-13)15-11(17)14-5-2-6-16/h1,3-4,16H,2,5-7,13H2,(H2,14,15,17). The second kappa shape index (κ2) is 7.11. The summed E-state index contributed by atoms with van der Waals surface area (Å²) >= 11 is 5.96. The van der Waals surface area contributed by atoms with Crippen LogP contribution in [0.1, 0.15) is 12.0 Å². The van der Waals surface area contributed by atoms with E-state index in [4.69, 9.17) is 22.4 Å². The molecule has 0 aliphatic heterocycles. The van der Waals surface area contributed by atoms with E-state index < -0.39 is 0 Å². The number of urea groups is 1. The first kappa shape index (κ1) is 13.8. The van der Waals surface area contributed by atoms with E-state index in [1.165, 1.54) is 0 Å². The number of rotatable bonds is 5. The van der Waals surface area contributed by atoms with Crippen LogP contribution in [-0.4, -0.2) is 24.3 Å². The molecule has 0 fully saturated rings. The van der Waals surface area contributed by atoms with Crippen molar-refractivity contribution in [2.24, 2.45) is 5.73 Å². The Balaban J connectivity index is 2.61. The molecule has 0 unspecified atom stereocenters. The second-order valence-corrected chi connectivity index (χ2v) is 3.84. The van der Waals surface area contributed by atoms with E-state index in [1.54, 1.807) is 18.2 Å². The van der Waals surface area contributed by atoms with Gasteiger partial charge >= 0.3 is 6.03 Å². The molecule has 1 rings (SSSR count). The van der Waals surface area contributed by atoms with Crippen LogP contribution in [0.3, 0.4) is 0 Å². The van der Waals surface area contributed by atoms with Crippen LogP contribution in [0.2, 0.25) is 5.02 Å². The Labute approximate surface area is 105 Å². The lowest BCUT2D eigenvalue weighted by Crippen LogP contribution is -2.30. The number of aliphatic hydroxyl groups excluding tert-OH is 1. The van der Waals surface area contributed by atoms with Crippen LogP contribution < -0.4 is 16.4 Å². The van der Waals surface area contributed by atoms with Crippen molar-refractivity contribution in [2.45, 2.75) is 13.0 Å². The number of aliphatic hydroxyl groups is 1. The monoisotopic (exact) mass is 257 g/mol. The first-order valence-corrected chi connectivity index (χ1v) is 5.70. The molecule has 94 valence electrons. The first-order valence-electron chi connectivity index (χ1n) is 5.32. The molecule has 0 atom stereocenters. The van der Waals surface area contributed by atoms with Crippen LogP contribution in [0.5, 0.6) is 0 Å². The van der Waals surface area contributed by atoms with E-state index in [0.29, 0.717) is 29.2 Å². The summed E-state index contributed by atoms with van der Waals surface area (Å²) in [5.41, 5.74) is 6.86. The lowest BCUT2D eigenvalue weighted by atomic mass is 10.2. The van der Waals surface area contributed by atoms with Gasteiger partial charge in [0.25, 0.3) is 0 Å². The maximum atomic E-state index is 11.5. The molecule has 0 aromatic heterocycles. The third kappa shape index (κ3) is 4.22. The van der Waals surface area contributed by atoms with Crippen LogP contribution >= 0.6 is 11.6 Å². The fourth-order valence-electron chi connectivity index (χ4n) is 1.33. The molecule has 5 N–H and O–H groups in total. The van der Waals surface area contributed by atoms with Gasteiger partial charge in [-0.05, 0) is 18.6 Å². The third-order valence-corrected chi connectivity index (χ3v) is 2.55. The number of amides is 2. The van der Waals surface area contributed by atoms with Gasteiger partial charge in [0.1, 0.15) is 0 Å². The average Bonchev–Trinajstić information content (AvgIpc) is 2.29. The largest absolute Gasteiger partial charge is 0.396 e. The molecule has 5 nitrogen and oxygen atoms in total. The highest BCUT2D eigenvalue weighted by atomic mass is 35.5. The quantitative estimate of drug-likeness (QED) is 0.600. The van der Waals surface area contributed by atoms with E-state index in [2.05, 4.69) is 10.6 Å². The zero-order valence-electron chi connectivity index (χ0n) is 9.37. The molecule has 0 heterocycles. The van der Waals surface area contributed by atoms with E-state index in [9.17, 15) is 4.79 Å². The van der Waals surface area contributed by atoms with Crippen molar-refractivity contribution in [2.75, 3.05) is 18.5 Å². The van der Waals surface area contributed by atoms with Crippen LogP contribution in [0, 0.1) is 0 Å². The molecular formula is C11H16ClN3O2. The summed E-state index contributed by atoms with van der Waals surface area (Å²) in [7, 11) is 0. The maximum absolute atomic E-state index is 11.5. The van der Waals surface area contributed by atoms with Crippen molar-refractivity contribution < 1.29 is 9.90 Å². The topological polar surface area (TPSA) is 87.4 Å². The van der Waals surface area contributed by atoms with Gasteiger partial charge in [-0.3, -0.25) is 0 Å². The van der Waals surface area contributed by atoms with Crippen molar-refractivity contribution in [1.82, 2.24) is 5.32 Å². The van der Waals surface area contributed by atoms with Crippen LogP contribution in [0.25, 0.3) is 0 Å². The number of anilines is 1. The summed E-state index contributed by atoms with van der Waals surface area (Å²) in [5.74, 6) is 0. The molecule has 0 aliphatic carbocycles. The van der Waals surface area contributed by atoms with Crippen LogP contribution in [0.4, 0.5) is 10.5 Å². The summed E-state index contributed by atoms with van der Waals surface area (Å²) in [6.45, 7) is 0.721. The highest BCUT2D eigenvalue weighted by Gasteiger charge is 2.07. The highest BCUT2D eigenvalue weighted by Crippen LogP contribution is 2.23. The Morgan fingerprint density at radius 1 is 1.47 bits per heavy atom. The number of halogens is 1. The molecule has 17 heavy (non-hydrogen) atoms. The SMILES string of the molecule is NCc1c(Cl)cccc1NC(=O)NCCCO. The summed E-state index contributed by atoms with van der Waals surface area (Å²) in [6.07, 6.45) is 0.521. The van der Waals surface area contributed by atoms with Gasteiger partial charge in [-0.2, -0.15) is 0 Å². The lowest BCUT2D eigenvalue weighted by molar-refractivity contribution is 0.249. The predicted octanol–water partition coefficient (Wildman–Crippen LogP) is 1.30. The number of nitrogens with one attached hydrogen (secondary N) is 2. The van der Waals surface area contributed by atoms with Crippen molar-refractivity contribution in [3.63, 3.8) is 0 Å². The molecular weight excluding hydrogens is 242 g/mol. The van der Waals surface area contributed by atoms with Crippen molar-refractivity contribution in [1.29, 1.82) is 0 Å². The maximum Gasteiger partial charge on any atom is 0.319 e. The lowest BCUT2D eigenvalue weighted by Gasteiger charge is -2.11. The van der Waals surface area contributed by atoms with Gasteiger partial charge in [0.05, 0.1) is 0 Å². The molecule has 0 saturated heterocycles. The number of hydrogen-bond acceptors (Lipinski definition) is 3.